The van der Waals surface area contributed by atoms with E-state index in [1.807, 2.05) is 60.7 Å². The summed E-state index contributed by atoms with van der Waals surface area (Å²) in [6, 6.07) is 81.5. The number of benzene rings is 10. The molecule has 6 nitrogen and oxygen atoms in total. The summed E-state index contributed by atoms with van der Waals surface area (Å²) in [5, 5.41) is 24.1. The van der Waals surface area contributed by atoms with Crippen molar-refractivity contribution in [2.75, 3.05) is 9.80 Å². The highest BCUT2D eigenvalue weighted by atomic mass is 16.3. The van der Waals surface area contributed by atoms with Crippen molar-refractivity contribution in [2.45, 2.75) is 57.8 Å². The largest absolute Gasteiger partial charge is 0.455 e. The van der Waals surface area contributed by atoms with Gasteiger partial charge in [-0.15, -0.1) is 0 Å². The number of hydrogen-bond acceptors (Lipinski definition) is 6. The van der Waals surface area contributed by atoms with Gasteiger partial charge in [-0.2, -0.15) is 10.5 Å². The molecule has 0 radical (unpaired) electrons. The lowest BCUT2D eigenvalue weighted by molar-refractivity contribution is 0.590. The summed E-state index contributed by atoms with van der Waals surface area (Å²) < 4.78 is 14.8. The van der Waals surface area contributed by atoms with Crippen LogP contribution in [0.25, 0.3) is 55.0 Å². The Morgan fingerprint density at radius 3 is 1.22 bits per heavy atom. The first kappa shape index (κ1) is 47.1. The number of hydrogen-bond donors (Lipinski definition) is 0. The Bertz CT molecular complexity index is 4290. The van der Waals surface area contributed by atoms with Gasteiger partial charge in [0.2, 0.25) is 0 Å². The maximum absolute atomic E-state index is 10.1. The molecule has 0 spiro atoms. The normalized spacial score (nSPS) is 12.9. The molecule has 10 aromatic carbocycles. The molecule has 2 heterocycles. The van der Waals surface area contributed by atoms with E-state index in [2.05, 4.69) is 221 Å². The Hall–Kier alpha value is -9.62. The molecule has 0 aliphatic heterocycles. The highest BCUT2D eigenvalue weighted by Gasteiger charge is 2.50. The van der Waals surface area contributed by atoms with Crippen LogP contribution in [0.4, 0.5) is 34.1 Å². The second-order valence-electron chi connectivity index (χ2n) is 22.3. The van der Waals surface area contributed by atoms with Crippen molar-refractivity contribution >= 4 is 78.0 Å². The molecule has 0 atom stereocenters. The number of nitrogens with zero attached hydrogens (tertiary/aromatic N) is 4. The molecule has 370 valence electrons. The van der Waals surface area contributed by atoms with Gasteiger partial charge in [-0.05, 0) is 141 Å². The summed E-state index contributed by atoms with van der Waals surface area (Å²) in [4.78, 5) is 4.63. The number of anilines is 6. The lowest BCUT2D eigenvalue weighted by atomic mass is 9.67. The average molecular weight is 995 g/mol. The van der Waals surface area contributed by atoms with Crippen LogP contribution in [-0.4, -0.2) is 0 Å². The van der Waals surface area contributed by atoms with Gasteiger partial charge in [0.25, 0.3) is 0 Å². The second-order valence-corrected chi connectivity index (χ2v) is 22.3. The van der Waals surface area contributed by atoms with Crippen LogP contribution in [0, 0.1) is 22.7 Å². The van der Waals surface area contributed by atoms with Gasteiger partial charge < -0.3 is 18.6 Å². The first-order valence-electron chi connectivity index (χ1n) is 26.3. The van der Waals surface area contributed by atoms with Crippen molar-refractivity contribution < 1.29 is 8.83 Å². The second kappa shape index (κ2) is 17.8. The zero-order valence-corrected chi connectivity index (χ0v) is 43.9. The number of fused-ring (bicyclic) bond motifs is 11. The third-order valence-corrected chi connectivity index (χ3v) is 15.7. The highest BCUT2D eigenvalue weighted by Crippen LogP contribution is 2.64. The first-order valence-corrected chi connectivity index (χ1v) is 26.3. The molecule has 13 rings (SSSR count). The van der Waals surface area contributed by atoms with Gasteiger partial charge in [-0.1, -0.05) is 163 Å². The van der Waals surface area contributed by atoms with E-state index in [0.29, 0.717) is 11.1 Å². The fourth-order valence-corrected chi connectivity index (χ4v) is 12.0. The molecular formula is C71H54N4O2. The predicted molar refractivity (Wildman–Crippen MR) is 314 cm³/mol. The van der Waals surface area contributed by atoms with Crippen LogP contribution in [0.15, 0.2) is 227 Å². The van der Waals surface area contributed by atoms with Crippen molar-refractivity contribution in [2.24, 2.45) is 0 Å². The molecule has 0 unspecified atom stereocenters. The molecule has 0 amide bonds. The van der Waals surface area contributed by atoms with Crippen molar-refractivity contribution in [1.29, 1.82) is 10.5 Å². The minimum atomic E-state index is -0.949. The van der Waals surface area contributed by atoms with Crippen LogP contribution in [0.1, 0.15) is 86.1 Å². The summed E-state index contributed by atoms with van der Waals surface area (Å²) in [7, 11) is 0. The van der Waals surface area contributed by atoms with Gasteiger partial charge in [0.05, 0.1) is 45.4 Å². The van der Waals surface area contributed by atoms with Crippen LogP contribution in [0.5, 0.6) is 0 Å². The maximum atomic E-state index is 10.1. The van der Waals surface area contributed by atoms with Crippen molar-refractivity contribution in [3.8, 4) is 23.3 Å². The van der Waals surface area contributed by atoms with E-state index in [1.165, 1.54) is 11.1 Å². The Kier molecular flexibility index (Phi) is 10.9. The Balaban J connectivity index is 1.23. The summed E-state index contributed by atoms with van der Waals surface area (Å²) in [6.45, 7) is 13.4. The number of nitriles is 2. The van der Waals surface area contributed by atoms with Gasteiger partial charge >= 0.3 is 0 Å². The summed E-state index contributed by atoms with van der Waals surface area (Å²) in [5.74, 6) is 0. The van der Waals surface area contributed by atoms with Gasteiger partial charge in [0, 0.05) is 50.0 Å². The fourth-order valence-electron chi connectivity index (χ4n) is 12.0. The van der Waals surface area contributed by atoms with Gasteiger partial charge in [-0.3, -0.25) is 0 Å². The predicted octanol–water partition coefficient (Wildman–Crippen LogP) is 19.1. The van der Waals surface area contributed by atoms with E-state index in [0.717, 1.165) is 111 Å². The van der Waals surface area contributed by atoms with Crippen LogP contribution in [-0.2, 0) is 16.2 Å². The molecule has 1 aliphatic carbocycles. The number of rotatable bonds is 8. The van der Waals surface area contributed by atoms with E-state index in [1.54, 1.807) is 0 Å². The zero-order valence-electron chi connectivity index (χ0n) is 43.9. The molecular weight excluding hydrogens is 941 g/mol. The standard InChI is InChI=1S/C71H54N4O2/c1-69(2,3)47-29-37-53(38-30-47)74(51-33-25-45(43-72)26-34-51)59-41-58-66(68-63(59)55-21-13-15-23-61(55)77-68)65-57(71(58,49-17-9-7-10-18-49)50-19-11-8-12-20-50)42-60(67-64(65)56-22-14-16-24-62(56)76-67)75(52-35-27-46(44-73)28-36-52)54-39-31-48(32-40-54)70(4,5)6/h7-42H,1-6H3. The molecule has 0 bridgehead atoms. The van der Waals surface area contributed by atoms with E-state index >= 15 is 0 Å². The van der Waals surface area contributed by atoms with E-state index in [-0.39, 0.29) is 10.8 Å². The minimum Gasteiger partial charge on any atom is -0.455 e. The van der Waals surface area contributed by atoms with E-state index in [4.69, 9.17) is 8.83 Å². The van der Waals surface area contributed by atoms with Crippen LogP contribution in [0.3, 0.4) is 0 Å². The smallest absolute Gasteiger partial charge is 0.160 e. The average Bonchev–Trinajstić information content (AvgIpc) is 4.23. The molecule has 2 aromatic heterocycles. The Morgan fingerprint density at radius 2 is 0.766 bits per heavy atom. The van der Waals surface area contributed by atoms with Gasteiger partial charge in [0.1, 0.15) is 16.7 Å². The third-order valence-electron chi connectivity index (χ3n) is 15.7. The van der Waals surface area contributed by atoms with Gasteiger partial charge in [-0.25, -0.2) is 0 Å². The topological polar surface area (TPSA) is 80.3 Å². The minimum absolute atomic E-state index is 0.0663. The third kappa shape index (κ3) is 7.43. The summed E-state index contributed by atoms with van der Waals surface area (Å²) >= 11 is 0. The zero-order chi connectivity index (χ0) is 52.8. The van der Waals surface area contributed by atoms with E-state index < -0.39 is 5.41 Å². The monoisotopic (exact) mass is 994 g/mol. The molecule has 0 saturated carbocycles. The fraction of sp³-hybridized carbons (Fsp3) is 0.127. The van der Waals surface area contributed by atoms with Crippen molar-refractivity contribution in [3.05, 3.63) is 263 Å². The summed E-state index contributed by atoms with van der Waals surface area (Å²) in [6.07, 6.45) is 0. The lowest BCUT2D eigenvalue weighted by Gasteiger charge is -2.36. The van der Waals surface area contributed by atoms with Crippen LogP contribution >= 0.6 is 0 Å². The van der Waals surface area contributed by atoms with E-state index in [9.17, 15) is 10.5 Å². The van der Waals surface area contributed by atoms with Crippen LogP contribution in [0.2, 0.25) is 0 Å². The molecule has 1 aliphatic rings. The van der Waals surface area contributed by atoms with Crippen molar-refractivity contribution in [3.63, 3.8) is 0 Å². The Labute approximate surface area is 448 Å². The number of furan rings is 2. The number of para-hydroxylation sites is 2. The molecule has 6 heteroatoms. The quantitative estimate of drug-likeness (QED) is 0.151. The molecule has 0 saturated heterocycles. The Morgan fingerprint density at radius 1 is 0.390 bits per heavy atom. The maximum Gasteiger partial charge on any atom is 0.160 e. The highest BCUT2D eigenvalue weighted by molar-refractivity contribution is 6.26. The van der Waals surface area contributed by atoms with Gasteiger partial charge in [0.15, 0.2) is 5.58 Å². The molecule has 0 fully saturated rings. The molecule has 77 heavy (non-hydrogen) atoms. The first-order chi connectivity index (χ1) is 37.4. The molecule has 0 N–H and O–H groups in total. The lowest BCUT2D eigenvalue weighted by Crippen LogP contribution is -2.29. The summed E-state index contributed by atoms with van der Waals surface area (Å²) in [5.41, 5.74) is 17.4. The van der Waals surface area contributed by atoms with Crippen molar-refractivity contribution in [1.82, 2.24) is 0 Å². The van der Waals surface area contributed by atoms with Crippen LogP contribution < -0.4 is 9.80 Å². The SMILES string of the molecule is CC(C)(C)c1ccc(N(c2ccc(C#N)cc2)c2cc3c(c4c2oc2ccccc24)-c2c(cc(N(c4ccc(C#N)cc4)c4ccc(C(C)(C)C)cc4)c4c2oc2ccccc24)C3(c2ccccc2)c2ccccc2)cc1. The molecule has 12 aromatic rings.